The number of methoxy groups -OCH3 is 1. The molecule has 1 N–H and O–H groups in total. The number of carbonyl (C=O) groups excluding carboxylic acids is 1. The fraction of sp³-hybridized carbons (Fsp3) is 0.158. The molecule has 2 aromatic carbocycles. The Kier molecular flexibility index (Phi) is 4.38. The second kappa shape index (κ2) is 6.84. The normalized spacial score (nSPS) is 11.2. The van der Waals surface area contributed by atoms with E-state index in [9.17, 15) is 4.79 Å². The number of rotatable bonds is 5. The van der Waals surface area contributed by atoms with Gasteiger partial charge < -0.3 is 14.5 Å². The van der Waals surface area contributed by atoms with Gasteiger partial charge in [-0.3, -0.25) is 9.48 Å². The van der Waals surface area contributed by atoms with Gasteiger partial charge >= 0.3 is 0 Å². The van der Waals surface area contributed by atoms with Crippen molar-refractivity contribution in [3.8, 4) is 5.75 Å². The maximum absolute atomic E-state index is 12.3. The Hall–Kier alpha value is -2.80. The Morgan fingerprint density at radius 3 is 2.88 bits per heavy atom. The molecule has 0 atom stereocenters. The van der Waals surface area contributed by atoms with Crippen LogP contribution in [0.25, 0.3) is 21.9 Å². The molecule has 26 heavy (non-hydrogen) atoms. The molecule has 0 saturated heterocycles. The van der Waals surface area contributed by atoms with E-state index in [4.69, 9.17) is 9.15 Å². The minimum Gasteiger partial charge on any atom is -0.495 e. The molecular weight excluding hydrogens is 398 g/mol. The molecule has 2 heterocycles. The Morgan fingerprint density at radius 1 is 1.27 bits per heavy atom. The average molecular weight is 414 g/mol. The zero-order valence-electron chi connectivity index (χ0n) is 14.0. The number of aromatic nitrogens is 2. The van der Waals surface area contributed by atoms with E-state index in [1.165, 1.54) is 0 Å². The van der Waals surface area contributed by atoms with Gasteiger partial charge in [-0.05, 0) is 28.1 Å². The Bertz CT molecular complexity index is 1100. The van der Waals surface area contributed by atoms with E-state index in [-0.39, 0.29) is 5.91 Å². The lowest BCUT2D eigenvalue weighted by atomic mass is 10.1. The molecule has 132 valence electrons. The number of benzene rings is 2. The van der Waals surface area contributed by atoms with Crippen molar-refractivity contribution in [1.82, 2.24) is 9.78 Å². The highest BCUT2D eigenvalue weighted by atomic mass is 79.9. The molecule has 4 rings (SSSR count). The highest BCUT2D eigenvalue weighted by Crippen LogP contribution is 2.36. The molecule has 0 aliphatic heterocycles. The van der Waals surface area contributed by atoms with Crippen LogP contribution in [-0.2, 0) is 11.3 Å². The lowest BCUT2D eigenvalue weighted by Crippen LogP contribution is -2.15. The summed E-state index contributed by atoms with van der Waals surface area (Å²) in [6.07, 6.45) is 3.82. The summed E-state index contributed by atoms with van der Waals surface area (Å²) in [5, 5.41) is 9.01. The average Bonchev–Trinajstić information content (AvgIpc) is 3.22. The SMILES string of the molecule is COc1cc2c(cc1NC(=O)CCn1cc(Br)cn1)oc1ccccc12. The lowest BCUT2D eigenvalue weighted by molar-refractivity contribution is -0.116. The first kappa shape index (κ1) is 16.7. The number of para-hydroxylation sites is 1. The third-order valence-electron chi connectivity index (χ3n) is 4.14. The summed E-state index contributed by atoms with van der Waals surface area (Å²) < 4.78 is 13.9. The Balaban J connectivity index is 1.58. The molecule has 0 aliphatic rings. The third kappa shape index (κ3) is 3.17. The standard InChI is InChI=1S/C19H16BrN3O3/c1-25-18-8-14-13-4-2-3-5-16(13)26-17(14)9-15(18)22-19(24)6-7-23-11-12(20)10-21-23/h2-5,8-11H,6-7H2,1H3,(H,22,24). The van der Waals surface area contributed by atoms with Gasteiger partial charge in [0.15, 0.2) is 0 Å². The molecule has 6 nitrogen and oxygen atoms in total. The number of ether oxygens (including phenoxy) is 1. The number of furan rings is 1. The lowest BCUT2D eigenvalue weighted by Gasteiger charge is -2.10. The smallest absolute Gasteiger partial charge is 0.226 e. The quantitative estimate of drug-likeness (QED) is 0.519. The molecule has 0 aliphatic carbocycles. The predicted molar refractivity (Wildman–Crippen MR) is 103 cm³/mol. The largest absolute Gasteiger partial charge is 0.495 e. The molecular formula is C19H16BrN3O3. The molecule has 4 aromatic rings. The fourth-order valence-corrected chi connectivity index (χ4v) is 3.24. The van der Waals surface area contributed by atoms with Crippen LogP contribution in [0.4, 0.5) is 5.69 Å². The van der Waals surface area contributed by atoms with Crippen molar-refractivity contribution in [2.75, 3.05) is 12.4 Å². The zero-order valence-corrected chi connectivity index (χ0v) is 15.6. The van der Waals surface area contributed by atoms with Crippen LogP contribution < -0.4 is 10.1 Å². The number of carbonyl (C=O) groups is 1. The van der Waals surface area contributed by atoms with Gasteiger partial charge in [0, 0.05) is 36.0 Å². The number of fused-ring (bicyclic) bond motifs is 3. The summed E-state index contributed by atoms with van der Waals surface area (Å²) in [5.41, 5.74) is 2.10. The molecule has 0 unspecified atom stereocenters. The molecule has 0 radical (unpaired) electrons. The molecule has 7 heteroatoms. The predicted octanol–water partition coefficient (Wildman–Crippen LogP) is 4.58. The topological polar surface area (TPSA) is 69.3 Å². The first-order valence-electron chi connectivity index (χ1n) is 8.11. The molecule has 0 saturated carbocycles. The van der Waals surface area contributed by atoms with E-state index < -0.39 is 0 Å². The maximum atomic E-state index is 12.3. The van der Waals surface area contributed by atoms with Crippen LogP contribution in [0.15, 0.2) is 57.7 Å². The minimum absolute atomic E-state index is 0.120. The van der Waals surface area contributed by atoms with E-state index in [0.717, 1.165) is 20.8 Å². The number of hydrogen-bond acceptors (Lipinski definition) is 4. The second-order valence-electron chi connectivity index (χ2n) is 5.87. The van der Waals surface area contributed by atoms with Crippen LogP contribution in [0.1, 0.15) is 6.42 Å². The van der Waals surface area contributed by atoms with Gasteiger partial charge in [-0.15, -0.1) is 0 Å². The molecule has 0 spiro atoms. The first-order valence-corrected chi connectivity index (χ1v) is 8.90. The van der Waals surface area contributed by atoms with Crippen molar-refractivity contribution < 1.29 is 13.9 Å². The fourth-order valence-electron chi connectivity index (χ4n) is 2.91. The van der Waals surface area contributed by atoms with Gasteiger partial charge in [0.05, 0.1) is 23.5 Å². The number of hydrogen-bond donors (Lipinski definition) is 1. The highest BCUT2D eigenvalue weighted by Gasteiger charge is 2.14. The van der Waals surface area contributed by atoms with Crippen LogP contribution in [0.2, 0.25) is 0 Å². The number of aryl methyl sites for hydroxylation is 1. The van der Waals surface area contributed by atoms with Crippen LogP contribution >= 0.6 is 15.9 Å². The summed E-state index contributed by atoms with van der Waals surface area (Å²) in [7, 11) is 1.58. The summed E-state index contributed by atoms with van der Waals surface area (Å²) in [6, 6.07) is 11.5. The number of nitrogens with one attached hydrogen (secondary N) is 1. The highest BCUT2D eigenvalue weighted by molar-refractivity contribution is 9.10. The van der Waals surface area contributed by atoms with Crippen molar-refractivity contribution >= 4 is 49.5 Å². The van der Waals surface area contributed by atoms with E-state index >= 15 is 0 Å². The van der Waals surface area contributed by atoms with Gasteiger partial charge in [-0.25, -0.2) is 0 Å². The minimum atomic E-state index is -0.120. The summed E-state index contributed by atoms with van der Waals surface area (Å²) in [4.78, 5) is 12.3. The van der Waals surface area contributed by atoms with E-state index in [0.29, 0.717) is 30.0 Å². The van der Waals surface area contributed by atoms with Crippen molar-refractivity contribution in [1.29, 1.82) is 0 Å². The number of halogens is 1. The number of amides is 1. The Labute approximate surface area is 157 Å². The molecule has 0 fully saturated rings. The molecule has 2 aromatic heterocycles. The first-order chi connectivity index (χ1) is 12.6. The van der Waals surface area contributed by atoms with Crippen molar-refractivity contribution in [3.05, 3.63) is 53.3 Å². The number of nitrogens with zero attached hydrogens (tertiary/aromatic N) is 2. The van der Waals surface area contributed by atoms with Gasteiger partial charge in [0.2, 0.25) is 5.91 Å². The second-order valence-corrected chi connectivity index (χ2v) is 6.78. The van der Waals surface area contributed by atoms with Gasteiger partial charge in [-0.1, -0.05) is 18.2 Å². The zero-order chi connectivity index (χ0) is 18.1. The number of anilines is 1. The Morgan fingerprint density at radius 2 is 2.12 bits per heavy atom. The van der Waals surface area contributed by atoms with Crippen LogP contribution in [-0.4, -0.2) is 22.8 Å². The van der Waals surface area contributed by atoms with E-state index in [2.05, 4.69) is 26.3 Å². The van der Waals surface area contributed by atoms with Crippen molar-refractivity contribution in [2.24, 2.45) is 0 Å². The summed E-state index contributed by atoms with van der Waals surface area (Å²) in [5.74, 6) is 0.477. The van der Waals surface area contributed by atoms with Crippen LogP contribution in [0, 0.1) is 0 Å². The van der Waals surface area contributed by atoms with E-state index in [1.54, 1.807) is 24.1 Å². The van der Waals surface area contributed by atoms with Crippen LogP contribution in [0.3, 0.4) is 0 Å². The van der Waals surface area contributed by atoms with Crippen LogP contribution in [0.5, 0.6) is 5.75 Å². The summed E-state index contributed by atoms with van der Waals surface area (Å²) >= 11 is 3.34. The summed E-state index contributed by atoms with van der Waals surface area (Å²) in [6.45, 7) is 0.493. The monoisotopic (exact) mass is 413 g/mol. The van der Waals surface area contributed by atoms with Crippen molar-refractivity contribution in [3.63, 3.8) is 0 Å². The molecule has 1 amide bonds. The maximum Gasteiger partial charge on any atom is 0.226 e. The molecule has 0 bridgehead atoms. The van der Waals surface area contributed by atoms with Gasteiger partial charge in [-0.2, -0.15) is 5.10 Å². The third-order valence-corrected chi connectivity index (χ3v) is 4.55. The van der Waals surface area contributed by atoms with Gasteiger partial charge in [0.25, 0.3) is 0 Å². The van der Waals surface area contributed by atoms with Gasteiger partial charge in [0.1, 0.15) is 16.9 Å². The van der Waals surface area contributed by atoms with E-state index in [1.807, 2.05) is 36.5 Å². The van der Waals surface area contributed by atoms with Crippen molar-refractivity contribution in [2.45, 2.75) is 13.0 Å².